The predicted octanol–water partition coefficient (Wildman–Crippen LogP) is 9.08. The van der Waals surface area contributed by atoms with Gasteiger partial charge in [-0.2, -0.15) is 0 Å². The molecule has 59 heavy (non-hydrogen) atoms. The number of fused-ring (bicyclic) bond motifs is 2. The quantitative estimate of drug-likeness (QED) is 0.0321. The highest BCUT2D eigenvalue weighted by molar-refractivity contribution is 6.35. The number of hydrogen-bond donors (Lipinski definition) is 1. The number of carbonyl (C=O) groups excluding carboxylic acids is 5. The highest BCUT2D eigenvalue weighted by Crippen LogP contribution is 2.36. The standard InChI is InChI=1S/C46H32N6O7/c1-27-3-13-33(14-4-27)58-34-15-7-30(8-16-34)46(25-47,26-49-50-48)31-9-17-35(18-10-31)59-36-19-11-32(12-20-36)52-44(56)38-22-6-29(24-40(38)45(52)57)41(53)28-5-21-37-39(23-28)43(55)51(2)42(37)54/h3-25,47H,26H2,1-2H3. The van der Waals surface area contributed by atoms with Crippen LogP contribution in [0.1, 0.15) is 74.0 Å². The minimum Gasteiger partial charge on any atom is -0.457 e. The van der Waals surface area contributed by atoms with Crippen molar-refractivity contribution in [2.75, 3.05) is 18.5 Å². The maximum Gasteiger partial charge on any atom is 0.266 e. The summed E-state index contributed by atoms with van der Waals surface area (Å²) in [6.07, 6.45) is 1.25. The number of ketones is 1. The second kappa shape index (κ2) is 15.1. The predicted molar refractivity (Wildman–Crippen MR) is 218 cm³/mol. The zero-order valence-corrected chi connectivity index (χ0v) is 31.6. The van der Waals surface area contributed by atoms with Gasteiger partial charge in [0.1, 0.15) is 23.0 Å². The van der Waals surface area contributed by atoms with Crippen molar-refractivity contribution in [1.82, 2.24) is 4.90 Å². The lowest BCUT2D eigenvalue weighted by atomic mass is 9.75. The van der Waals surface area contributed by atoms with Gasteiger partial charge < -0.3 is 14.9 Å². The number of hydrogen-bond acceptors (Lipinski definition) is 9. The van der Waals surface area contributed by atoms with Gasteiger partial charge in [0.25, 0.3) is 23.6 Å². The minimum absolute atomic E-state index is 0.0414. The van der Waals surface area contributed by atoms with Crippen molar-refractivity contribution >= 4 is 41.3 Å². The number of ether oxygens (including phenoxy) is 2. The Kier molecular flexibility index (Phi) is 9.64. The average molecular weight is 781 g/mol. The van der Waals surface area contributed by atoms with Crippen LogP contribution in [0.3, 0.4) is 0 Å². The molecule has 0 radical (unpaired) electrons. The lowest BCUT2D eigenvalue weighted by molar-refractivity contribution is 0.0692. The summed E-state index contributed by atoms with van der Waals surface area (Å²) in [4.78, 5) is 70.2. The molecule has 6 aromatic carbocycles. The molecule has 0 aliphatic carbocycles. The number of nitrogens with one attached hydrogen (secondary N) is 1. The van der Waals surface area contributed by atoms with E-state index in [1.54, 1.807) is 60.7 Å². The topological polar surface area (TPSA) is 183 Å². The van der Waals surface area contributed by atoms with Crippen molar-refractivity contribution in [3.05, 3.63) is 194 Å². The highest BCUT2D eigenvalue weighted by Gasteiger charge is 2.38. The molecule has 0 aromatic heterocycles. The van der Waals surface area contributed by atoms with Gasteiger partial charge >= 0.3 is 0 Å². The Morgan fingerprint density at radius 2 is 1.07 bits per heavy atom. The van der Waals surface area contributed by atoms with E-state index >= 15 is 0 Å². The second-order valence-electron chi connectivity index (χ2n) is 14.0. The zero-order valence-electron chi connectivity index (χ0n) is 31.6. The summed E-state index contributed by atoms with van der Waals surface area (Å²) in [5.41, 5.74) is 11.8. The van der Waals surface area contributed by atoms with Gasteiger partial charge in [0.15, 0.2) is 5.78 Å². The smallest absolute Gasteiger partial charge is 0.266 e. The Morgan fingerprint density at radius 1 is 0.644 bits per heavy atom. The number of imide groups is 2. The summed E-state index contributed by atoms with van der Waals surface area (Å²) in [6.45, 7) is 1.96. The van der Waals surface area contributed by atoms with Crippen LogP contribution in [0.4, 0.5) is 5.69 Å². The number of rotatable bonds is 12. The third-order valence-corrected chi connectivity index (χ3v) is 10.5. The van der Waals surface area contributed by atoms with Crippen molar-refractivity contribution < 1.29 is 33.4 Å². The van der Waals surface area contributed by atoms with E-state index in [2.05, 4.69) is 10.0 Å². The molecule has 13 heteroatoms. The molecule has 2 heterocycles. The van der Waals surface area contributed by atoms with Crippen molar-refractivity contribution in [2.24, 2.45) is 5.11 Å². The molecule has 13 nitrogen and oxygen atoms in total. The Balaban J connectivity index is 0.965. The van der Waals surface area contributed by atoms with Gasteiger partial charge in [0.05, 0.1) is 33.4 Å². The van der Waals surface area contributed by atoms with Crippen molar-refractivity contribution in [3.8, 4) is 23.0 Å². The fourth-order valence-corrected chi connectivity index (χ4v) is 7.17. The Hall–Kier alpha value is -8.15. The Labute approximate surface area is 337 Å². The van der Waals surface area contributed by atoms with Crippen LogP contribution in [0.25, 0.3) is 10.4 Å². The lowest BCUT2D eigenvalue weighted by Gasteiger charge is -2.29. The van der Waals surface area contributed by atoms with Crippen LogP contribution in [0, 0.1) is 12.3 Å². The molecule has 288 valence electrons. The highest BCUT2D eigenvalue weighted by atomic mass is 16.5. The summed E-state index contributed by atoms with van der Waals surface area (Å²) < 4.78 is 12.1. The number of benzene rings is 6. The van der Waals surface area contributed by atoms with Crippen molar-refractivity contribution in [3.63, 3.8) is 0 Å². The van der Waals surface area contributed by atoms with E-state index in [1.165, 1.54) is 49.7 Å². The maximum absolute atomic E-state index is 13.6. The molecule has 2 aliphatic heterocycles. The molecule has 8 rings (SSSR count). The SMILES string of the molecule is Cc1ccc(Oc2ccc(C(C=N)(CN=[N+]=[N-])c3ccc(Oc4ccc(N5C(=O)c6ccc(C(=O)c7ccc8c(c7)C(=O)N(C)C8=O)cc6C5=O)cc4)cc3)cc2)cc1. The monoisotopic (exact) mass is 780 g/mol. The summed E-state index contributed by atoms with van der Waals surface area (Å²) in [5.74, 6) is -0.404. The van der Waals surface area contributed by atoms with Crippen LogP contribution in [0.2, 0.25) is 0 Å². The largest absolute Gasteiger partial charge is 0.457 e. The molecule has 0 saturated heterocycles. The van der Waals surface area contributed by atoms with Gasteiger partial charge in [-0.05, 0) is 109 Å². The summed E-state index contributed by atoms with van der Waals surface area (Å²) in [5, 5.41) is 12.3. The molecule has 0 bridgehead atoms. The molecule has 6 aromatic rings. The molecule has 4 amide bonds. The summed E-state index contributed by atoms with van der Waals surface area (Å²) in [7, 11) is 1.37. The zero-order chi connectivity index (χ0) is 41.4. The van der Waals surface area contributed by atoms with Gasteiger partial charge in [-0.25, -0.2) is 4.90 Å². The first-order chi connectivity index (χ1) is 28.5. The van der Waals surface area contributed by atoms with Crippen LogP contribution >= 0.6 is 0 Å². The number of nitrogens with zero attached hydrogens (tertiary/aromatic N) is 5. The number of aryl methyl sites for hydroxylation is 1. The Morgan fingerprint density at radius 3 is 1.56 bits per heavy atom. The van der Waals surface area contributed by atoms with Crippen LogP contribution < -0.4 is 14.4 Å². The number of carbonyl (C=O) groups is 5. The average Bonchev–Trinajstić information content (AvgIpc) is 3.64. The van der Waals surface area contributed by atoms with E-state index in [0.717, 1.165) is 20.9 Å². The van der Waals surface area contributed by atoms with Gasteiger partial charge in [0.2, 0.25) is 0 Å². The van der Waals surface area contributed by atoms with E-state index < -0.39 is 34.8 Å². The lowest BCUT2D eigenvalue weighted by Crippen LogP contribution is -2.32. The third-order valence-electron chi connectivity index (χ3n) is 10.5. The van der Waals surface area contributed by atoms with E-state index in [1.807, 2.05) is 43.3 Å². The van der Waals surface area contributed by atoms with Gasteiger partial charge in [-0.1, -0.05) is 59.2 Å². The fourth-order valence-electron chi connectivity index (χ4n) is 7.17. The molecular formula is C46H32N6O7. The van der Waals surface area contributed by atoms with E-state index in [0.29, 0.717) is 34.2 Å². The number of azide groups is 1. The molecule has 2 aliphatic rings. The van der Waals surface area contributed by atoms with E-state index in [9.17, 15) is 29.5 Å². The fraction of sp³-hybridized carbons (Fsp3) is 0.0870. The first kappa shape index (κ1) is 37.8. The van der Waals surface area contributed by atoms with Gasteiger partial charge in [-0.3, -0.25) is 28.9 Å². The number of amides is 4. The molecular weight excluding hydrogens is 749 g/mol. The van der Waals surface area contributed by atoms with Crippen LogP contribution in [0.15, 0.2) is 139 Å². The molecule has 1 unspecified atom stereocenters. The van der Waals surface area contributed by atoms with Crippen LogP contribution in [-0.4, -0.2) is 54.1 Å². The van der Waals surface area contributed by atoms with Gasteiger partial charge in [0, 0.05) is 35.8 Å². The first-order valence-electron chi connectivity index (χ1n) is 18.3. The maximum atomic E-state index is 13.6. The second-order valence-corrected chi connectivity index (χ2v) is 14.0. The van der Waals surface area contributed by atoms with Crippen molar-refractivity contribution in [1.29, 1.82) is 5.41 Å². The van der Waals surface area contributed by atoms with Crippen LogP contribution in [-0.2, 0) is 5.41 Å². The first-order valence-corrected chi connectivity index (χ1v) is 18.3. The van der Waals surface area contributed by atoms with E-state index in [-0.39, 0.29) is 39.9 Å². The molecule has 1 N–H and O–H groups in total. The number of anilines is 1. The Bertz CT molecular complexity index is 2780. The molecule has 0 saturated carbocycles. The van der Waals surface area contributed by atoms with Gasteiger partial charge in [-0.15, -0.1) is 0 Å². The molecule has 0 spiro atoms. The van der Waals surface area contributed by atoms with Crippen LogP contribution in [0.5, 0.6) is 23.0 Å². The minimum atomic E-state index is -1.07. The van der Waals surface area contributed by atoms with Crippen molar-refractivity contribution in [2.45, 2.75) is 12.3 Å². The normalized spacial score (nSPS) is 14.0. The molecule has 1 atom stereocenters. The third kappa shape index (κ3) is 6.77. The molecule has 0 fully saturated rings. The summed E-state index contributed by atoms with van der Waals surface area (Å²) >= 11 is 0. The van der Waals surface area contributed by atoms with E-state index in [4.69, 9.17) is 14.9 Å². The summed E-state index contributed by atoms with van der Waals surface area (Å²) in [6, 6.07) is 36.9.